The lowest BCUT2D eigenvalue weighted by Gasteiger charge is -2.20. The van der Waals surface area contributed by atoms with Crippen LogP contribution >= 0.6 is 0 Å². The molecule has 3 unspecified atom stereocenters. The van der Waals surface area contributed by atoms with Gasteiger partial charge in [0.05, 0.1) is 13.0 Å². The summed E-state index contributed by atoms with van der Waals surface area (Å²) >= 11 is 0. The number of rotatable bonds is 3. The van der Waals surface area contributed by atoms with E-state index in [1.54, 1.807) is 26.0 Å². The summed E-state index contributed by atoms with van der Waals surface area (Å²) < 4.78 is 16.3. The molecule has 3 rings (SSSR count). The second kappa shape index (κ2) is 7.02. The standard InChI is InChI=1S/C21H22O6/c1-10(2)13-8-16-14(21(24)25-5)9-18(26-16)19(11(3)4)17-7-12(6-15(13)22)20(23)27-17/h7,9,13,17,19H,1,3,6,8H2,2,4-5H3. The number of carbonyl (C=O) groups is 3. The highest BCUT2D eigenvalue weighted by Gasteiger charge is 2.39. The van der Waals surface area contributed by atoms with E-state index in [2.05, 4.69) is 13.2 Å². The molecule has 0 fully saturated rings. The highest BCUT2D eigenvalue weighted by molar-refractivity contribution is 5.99. The molecule has 0 saturated carbocycles. The van der Waals surface area contributed by atoms with Crippen LogP contribution in [0.1, 0.15) is 48.1 Å². The molecule has 3 atom stereocenters. The molecule has 0 saturated heterocycles. The third kappa shape index (κ3) is 3.39. The van der Waals surface area contributed by atoms with E-state index in [1.807, 2.05) is 0 Å². The summed E-state index contributed by atoms with van der Waals surface area (Å²) in [6.45, 7) is 11.4. The van der Waals surface area contributed by atoms with Gasteiger partial charge >= 0.3 is 11.9 Å². The fourth-order valence-corrected chi connectivity index (χ4v) is 3.58. The minimum Gasteiger partial charge on any atom is -0.465 e. The Hall–Kier alpha value is -2.89. The fourth-order valence-electron chi connectivity index (χ4n) is 3.58. The van der Waals surface area contributed by atoms with E-state index in [-0.39, 0.29) is 24.2 Å². The summed E-state index contributed by atoms with van der Waals surface area (Å²) in [4.78, 5) is 37.3. The molecule has 6 heteroatoms. The molecule has 142 valence electrons. The molecule has 0 aliphatic carbocycles. The minimum absolute atomic E-state index is 0.0460. The number of hydrogen-bond acceptors (Lipinski definition) is 6. The largest absolute Gasteiger partial charge is 0.465 e. The number of Topliss-reactive ketones (excluding diaryl/α,β-unsaturated/α-hetero) is 1. The van der Waals surface area contributed by atoms with E-state index in [0.717, 1.165) is 0 Å². The van der Waals surface area contributed by atoms with Crippen LogP contribution in [-0.4, -0.2) is 30.9 Å². The van der Waals surface area contributed by atoms with Gasteiger partial charge < -0.3 is 13.9 Å². The predicted molar refractivity (Wildman–Crippen MR) is 97.2 cm³/mol. The van der Waals surface area contributed by atoms with Gasteiger partial charge in [-0.25, -0.2) is 9.59 Å². The second-order valence-electron chi connectivity index (χ2n) is 7.11. The smallest absolute Gasteiger partial charge is 0.341 e. The van der Waals surface area contributed by atoms with Crippen LogP contribution in [0.4, 0.5) is 0 Å². The zero-order valence-corrected chi connectivity index (χ0v) is 15.7. The maximum absolute atomic E-state index is 12.8. The monoisotopic (exact) mass is 370 g/mol. The van der Waals surface area contributed by atoms with Gasteiger partial charge in [-0.3, -0.25) is 4.79 Å². The third-order valence-corrected chi connectivity index (χ3v) is 5.01. The van der Waals surface area contributed by atoms with Crippen molar-refractivity contribution in [2.24, 2.45) is 5.92 Å². The number of carbonyl (C=O) groups excluding carboxylic acids is 3. The number of allylic oxidation sites excluding steroid dienone is 1. The van der Waals surface area contributed by atoms with Crippen LogP contribution in [0, 0.1) is 5.92 Å². The Morgan fingerprint density at radius 1 is 1.22 bits per heavy atom. The molecule has 0 spiro atoms. The zero-order valence-electron chi connectivity index (χ0n) is 15.7. The van der Waals surface area contributed by atoms with Crippen molar-refractivity contribution in [1.29, 1.82) is 0 Å². The van der Waals surface area contributed by atoms with E-state index in [0.29, 0.717) is 28.2 Å². The lowest BCUT2D eigenvalue weighted by molar-refractivity contribution is -0.141. The Balaban J connectivity index is 2.19. The average molecular weight is 370 g/mol. The van der Waals surface area contributed by atoms with E-state index in [4.69, 9.17) is 13.9 Å². The van der Waals surface area contributed by atoms with Gasteiger partial charge in [0.15, 0.2) is 0 Å². The average Bonchev–Trinajstić information content (AvgIpc) is 3.14. The zero-order chi connectivity index (χ0) is 19.9. The fraction of sp³-hybridized carbons (Fsp3) is 0.381. The van der Waals surface area contributed by atoms with Gasteiger partial charge in [-0.05, 0) is 26.0 Å². The summed E-state index contributed by atoms with van der Waals surface area (Å²) in [7, 11) is 1.29. The van der Waals surface area contributed by atoms with Gasteiger partial charge in [0.1, 0.15) is 29.0 Å². The quantitative estimate of drug-likeness (QED) is 0.600. The number of fused-ring (bicyclic) bond motifs is 3. The lowest BCUT2D eigenvalue weighted by atomic mass is 9.86. The highest BCUT2D eigenvalue weighted by Crippen LogP contribution is 2.38. The van der Waals surface area contributed by atoms with E-state index in [9.17, 15) is 14.4 Å². The van der Waals surface area contributed by atoms with Crippen LogP contribution in [0.2, 0.25) is 0 Å². The topological polar surface area (TPSA) is 82.8 Å². The van der Waals surface area contributed by atoms with Crippen molar-refractivity contribution in [1.82, 2.24) is 0 Å². The third-order valence-electron chi connectivity index (χ3n) is 5.01. The molecule has 6 nitrogen and oxygen atoms in total. The number of hydrogen-bond donors (Lipinski definition) is 0. The molecular weight excluding hydrogens is 348 g/mol. The van der Waals surface area contributed by atoms with Gasteiger partial charge in [0, 0.05) is 24.3 Å². The maximum Gasteiger partial charge on any atom is 0.341 e. The van der Waals surface area contributed by atoms with Gasteiger partial charge in [-0.15, -0.1) is 0 Å². The number of ketones is 1. The van der Waals surface area contributed by atoms with E-state index in [1.165, 1.54) is 7.11 Å². The molecule has 4 bridgehead atoms. The van der Waals surface area contributed by atoms with Crippen molar-refractivity contribution in [3.05, 3.63) is 59.1 Å². The van der Waals surface area contributed by atoms with Gasteiger partial charge in [-0.2, -0.15) is 0 Å². The Morgan fingerprint density at radius 3 is 2.52 bits per heavy atom. The first kappa shape index (κ1) is 18.9. The molecule has 0 amide bonds. The molecule has 27 heavy (non-hydrogen) atoms. The van der Waals surface area contributed by atoms with Gasteiger partial charge in [-0.1, -0.05) is 24.3 Å². The van der Waals surface area contributed by atoms with E-state index < -0.39 is 29.9 Å². The second-order valence-corrected chi connectivity index (χ2v) is 7.11. The van der Waals surface area contributed by atoms with Crippen molar-refractivity contribution in [2.75, 3.05) is 7.11 Å². The summed E-state index contributed by atoms with van der Waals surface area (Å²) in [5.74, 6) is -1.47. The van der Waals surface area contributed by atoms with Crippen LogP contribution in [0.25, 0.3) is 0 Å². The van der Waals surface area contributed by atoms with Crippen LogP contribution < -0.4 is 0 Å². The normalized spacial score (nSPS) is 24.6. The van der Waals surface area contributed by atoms with Crippen LogP contribution in [-0.2, 0) is 25.5 Å². The number of ether oxygens (including phenoxy) is 2. The Bertz CT molecular complexity index is 884. The summed E-state index contributed by atoms with van der Waals surface area (Å²) in [6, 6.07) is 1.59. The minimum atomic E-state index is -0.635. The number of esters is 2. The van der Waals surface area contributed by atoms with Crippen LogP contribution in [0.15, 0.2) is 46.4 Å². The van der Waals surface area contributed by atoms with Crippen LogP contribution in [0.3, 0.4) is 0 Å². The van der Waals surface area contributed by atoms with E-state index >= 15 is 0 Å². The summed E-state index contributed by atoms with van der Waals surface area (Å²) in [6.07, 6.45) is 1.15. The van der Waals surface area contributed by atoms with Crippen molar-refractivity contribution in [3.8, 4) is 0 Å². The Morgan fingerprint density at radius 2 is 1.93 bits per heavy atom. The first-order valence-electron chi connectivity index (χ1n) is 8.69. The SMILES string of the molecule is C=C(C)C1Cc2oc(cc2C(=O)OC)C(C(=C)C)C2C=C(CC1=O)C(=O)O2. The maximum atomic E-state index is 12.8. The Labute approximate surface area is 157 Å². The molecule has 0 radical (unpaired) electrons. The summed E-state index contributed by atoms with van der Waals surface area (Å²) in [5, 5.41) is 0. The van der Waals surface area contributed by atoms with Crippen molar-refractivity contribution in [3.63, 3.8) is 0 Å². The first-order chi connectivity index (χ1) is 12.7. The molecule has 0 N–H and O–H groups in total. The molecule has 0 aromatic carbocycles. The Kier molecular flexibility index (Phi) is 4.91. The van der Waals surface area contributed by atoms with Crippen molar-refractivity contribution in [2.45, 2.75) is 38.7 Å². The summed E-state index contributed by atoms with van der Waals surface area (Å²) in [5.41, 5.74) is 1.94. The number of furan rings is 1. The molecule has 1 aromatic heterocycles. The molecule has 3 heterocycles. The molecule has 1 aromatic rings. The molecular formula is C21H22O6. The molecule has 2 aliphatic rings. The van der Waals surface area contributed by atoms with Gasteiger partial charge in [0.25, 0.3) is 0 Å². The highest BCUT2D eigenvalue weighted by atomic mass is 16.5. The van der Waals surface area contributed by atoms with Gasteiger partial charge in [0.2, 0.25) is 0 Å². The van der Waals surface area contributed by atoms with Crippen molar-refractivity contribution >= 4 is 17.7 Å². The lowest BCUT2D eigenvalue weighted by Crippen LogP contribution is -2.21. The number of methoxy groups -OCH3 is 1. The predicted octanol–water partition coefficient (Wildman–Crippen LogP) is 3.29. The molecule has 2 aliphatic heterocycles. The van der Waals surface area contributed by atoms with Crippen LogP contribution in [0.5, 0.6) is 0 Å². The first-order valence-corrected chi connectivity index (χ1v) is 8.69. The van der Waals surface area contributed by atoms with Crippen molar-refractivity contribution < 1.29 is 28.3 Å².